The van der Waals surface area contributed by atoms with Crippen LogP contribution in [0.25, 0.3) is 17.2 Å². The topological polar surface area (TPSA) is 18.5 Å². The quantitative estimate of drug-likeness (QED) is 0.270. The Morgan fingerprint density at radius 3 is 2.18 bits per heavy atom. The third kappa shape index (κ3) is 5.60. The third-order valence-corrected chi connectivity index (χ3v) is 6.83. The predicted octanol–water partition coefficient (Wildman–Crippen LogP) is 8.52. The van der Waals surface area contributed by atoms with Crippen molar-refractivity contribution in [3.8, 4) is 16.9 Å². The average molecular weight is 535 g/mol. The van der Waals surface area contributed by atoms with E-state index in [2.05, 4.69) is 0 Å². The number of allylic oxidation sites excluding steroid dienone is 1. The van der Waals surface area contributed by atoms with Crippen LogP contribution in [0.2, 0.25) is 0 Å². The van der Waals surface area contributed by atoms with Crippen molar-refractivity contribution in [2.45, 2.75) is 51.6 Å². The highest BCUT2D eigenvalue weighted by Crippen LogP contribution is 2.35. The molecule has 4 rings (SSSR count). The van der Waals surface area contributed by atoms with Crippen LogP contribution in [0.4, 0.5) is 26.3 Å². The van der Waals surface area contributed by atoms with E-state index in [1.807, 2.05) is 0 Å². The minimum atomic E-state index is -1.32. The summed E-state index contributed by atoms with van der Waals surface area (Å²) >= 11 is 0. The van der Waals surface area contributed by atoms with Gasteiger partial charge in [0.25, 0.3) is 0 Å². The van der Waals surface area contributed by atoms with Crippen LogP contribution in [0.5, 0.6) is 5.75 Å². The molecule has 0 radical (unpaired) electrons. The van der Waals surface area contributed by atoms with Gasteiger partial charge in [-0.25, -0.2) is 22.0 Å². The Bertz CT molecular complexity index is 1330. The van der Waals surface area contributed by atoms with Gasteiger partial charge in [0, 0.05) is 22.6 Å². The van der Waals surface area contributed by atoms with Gasteiger partial charge in [0.05, 0.1) is 19.3 Å². The fourth-order valence-corrected chi connectivity index (χ4v) is 4.80. The molecule has 1 fully saturated rings. The second kappa shape index (κ2) is 12.1. The van der Waals surface area contributed by atoms with E-state index in [9.17, 15) is 26.3 Å². The van der Waals surface area contributed by atoms with E-state index < -0.39 is 46.0 Å². The highest BCUT2D eigenvalue weighted by Gasteiger charge is 2.27. The lowest BCUT2D eigenvalue weighted by Gasteiger charge is -2.30. The molecule has 2 unspecified atom stereocenters. The van der Waals surface area contributed by atoms with Gasteiger partial charge in [-0.2, -0.15) is 4.39 Å². The first-order valence-corrected chi connectivity index (χ1v) is 12.6. The fourth-order valence-electron chi connectivity index (χ4n) is 4.80. The zero-order valence-corrected chi connectivity index (χ0v) is 21.1. The SMILES string of the molecule is CC=Cc1ccc(C2CCC(CCc3ccc(-c4ccc(OCC)c(F)c4F)c(F)c3F)OC2)c(F)c1F. The summed E-state index contributed by atoms with van der Waals surface area (Å²) in [6.45, 7) is 3.64. The third-order valence-electron chi connectivity index (χ3n) is 6.83. The molecule has 0 saturated carbocycles. The zero-order valence-electron chi connectivity index (χ0n) is 21.1. The Labute approximate surface area is 217 Å². The summed E-state index contributed by atoms with van der Waals surface area (Å²) in [6.07, 6.45) is 4.50. The van der Waals surface area contributed by atoms with Crippen molar-refractivity contribution in [3.05, 3.63) is 94.1 Å². The van der Waals surface area contributed by atoms with Crippen LogP contribution < -0.4 is 4.74 Å². The molecule has 0 aliphatic carbocycles. The predicted molar refractivity (Wildman–Crippen MR) is 134 cm³/mol. The first kappa shape index (κ1) is 27.8. The van der Waals surface area contributed by atoms with E-state index in [1.165, 1.54) is 30.3 Å². The van der Waals surface area contributed by atoms with Crippen LogP contribution in [0.3, 0.4) is 0 Å². The molecule has 1 aliphatic heterocycles. The molecule has 3 aromatic carbocycles. The van der Waals surface area contributed by atoms with Crippen molar-refractivity contribution >= 4 is 6.08 Å². The van der Waals surface area contributed by atoms with Gasteiger partial charge in [0.15, 0.2) is 34.8 Å². The monoisotopic (exact) mass is 534 g/mol. The van der Waals surface area contributed by atoms with Gasteiger partial charge in [-0.1, -0.05) is 36.4 Å². The summed E-state index contributed by atoms with van der Waals surface area (Å²) in [7, 11) is 0. The Kier molecular flexibility index (Phi) is 8.82. The number of hydrogen-bond donors (Lipinski definition) is 0. The van der Waals surface area contributed by atoms with Crippen LogP contribution in [-0.4, -0.2) is 19.3 Å². The van der Waals surface area contributed by atoms with Crippen molar-refractivity contribution in [1.82, 2.24) is 0 Å². The normalized spacial score (nSPS) is 17.8. The molecule has 38 heavy (non-hydrogen) atoms. The minimum absolute atomic E-state index is 0.0801. The molecule has 8 heteroatoms. The molecule has 202 valence electrons. The van der Waals surface area contributed by atoms with E-state index in [4.69, 9.17) is 9.47 Å². The van der Waals surface area contributed by atoms with Crippen molar-refractivity contribution in [2.24, 2.45) is 0 Å². The lowest BCUT2D eigenvalue weighted by molar-refractivity contribution is -0.00138. The minimum Gasteiger partial charge on any atom is -0.491 e. The molecular weight excluding hydrogens is 506 g/mol. The summed E-state index contributed by atoms with van der Waals surface area (Å²) in [6, 6.07) is 7.99. The Morgan fingerprint density at radius 2 is 1.53 bits per heavy atom. The molecule has 2 nitrogen and oxygen atoms in total. The van der Waals surface area contributed by atoms with Crippen LogP contribution >= 0.6 is 0 Å². The van der Waals surface area contributed by atoms with Gasteiger partial charge in [-0.05, 0) is 62.8 Å². The van der Waals surface area contributed by atoms with Gasteiger partial charge in [-0.15, -0.1) is 0 Å². The number of halogens is 6. The number of hydrogen-bond acceptors (Lipinski definition) is 2. The molecule has 2 atom stereocenters. The fraction of sp³-hybridized carbons (Fsp3) is 0.333. The van der Waals surface area contributed by atoms with E-state index in [1.54, 1.807) is 26.0 Å². The van der Waals surface area contributed by atoms with Gasteiger partial charge in [-0.3, -0.25) is 0 Å². The highest BCUT2D eigenvalue weighted by molar-refractivity contribution is 5.66. The van der Waals surface area contributed by atoms with Crippen molar-refractivity contribution in [1.29, 1.82) is 0 Å². The second-order valence-electron chi connectivity index (χ2n) is 9.21. The number of rotatable bonds is 8. The molecule has 0 amide bonds. The van der Waals surface area contributed by atoms with Crippen molar-refractivity contribution in [2.75, 3.05) is 13.2 Å². The van der Waals surface area contributed by atoms with Crippen molar-refractivity contribution < 1.29 is 35.8 Å². The largest absolute Gasteiger partial charge is 0.491 e. The lowest BCUT2D eigenvalue weighted by Crippen LogP contribution is -2.26. The maximum atomic E-state index is 14.9. The zero-order chi connectivity index (χ0) is 27.4. The summed E-state index contributed by atoms with van der Waals surface area (Å²) < 4.78 is 98.2. The molecule has 1 aliphatic rings. The Balaban J connectivity index is 1.40. The first-order valence-electron chi connectivity index (χ1n) is 12.6. The second-order valence-corrected chi connectivity index (χ2v) is 9.21. The maximum Gasteiger partial charge on any atom is 0.201 e. The molecule has 1 saturated heterocycles. The van der Waals surface area contributed by atoms with Gasteiger partial charge < -0.3 is 9.47 Å². The van der Waals surface area contributed by atoms with Gasteiger partial charge >= 0.3 is 0 Å². The van der Waals surface area contributed by atoms with E-state index in [-0.39, 0.29) is 54.1 Å². The molecule has 0 N–H and O–H groups in total. The summed E-state index contributed by atoms with van der Waals surface area (Å²) in [5.41, 5.74) is -0.276. The average Bonchev–Trinajstić information content (AvgIpc) is 2.92. The van der Waals surface area contributed by atoms with Crippen LogP contribution in [0, 0.1) is 34.9 Å². The molecular formula is C30H28F6O2. The van der Waals surface area contributed by atoms with Crippen LogP contribution in [-0.2, 0) is 11.2 Å². The van der Waals surface area contributed by atoms with E-state index >= 15 is 0 Å². The Morgan fingerprint density at radius 1 is 0.816 bits per heavy atom. The molecule has 0 bridgehead atoms. The van der Waals surface area contributed by atoms with Crippen molar-refractivity contribution in [3.63, 3.8) is 0 Å². The molecule has 0 spiro atoms. The van der Waals surface area contributed by atoms with Gasteiger partial charge in [0.1, 0.15) is 0 Å². The van der Waals surface area contributed by atoms with E-state index in [0.29, 0.717) is 19.3 Å². The highest BCUT2D eigenvalue weighted by atomic mass is 19.2. The number of ether oxygens (including phenoxy) is 2. The summed E-state index contributed by atoms with van der Waals surface area (Å²) in [4.78, 5) is 0. The van der Waals surface area contributed by atoms with Crippen LogP contribution in [0.1, 0.15) is 55.7 Å². The summed E-state index contributed by atoms with van der Waals surface area (Å²) in [5.74, 6) is -7.38. The molecule has 1 heterocycles. The molecule has 0 aromatic heterocycles. The standard InChI is InChI=1S/C30H28F6O2/c1-3-5-17-8-12-21(27(33)25(17)31)19-7-11-20(38-16-19)10-6-18-9-13-22(28(34)26(18)32)23-14-15-24(37-4-2)30(36)29(23)35/h3,5,8-9,12-15,19-20H,4,6-7,10-11,16H2,1-2H3. The number of aryl methyl sites for hydroxylation is 1. The molecule has 3 aromatic rings. The van der Waals surface area contributed by atoms with E-state index in [0.717, 1.165) is 6.07 Å². The number of benzene rings is 3. The summed E-state index contributed by atoms with van der Waals surface area (Å²) in [5, 5.41) is 0. The lowest BCUT2D eigenvalue weighted by atomic mass is 9.88. The maximum absolute atomic E-state index is 14.9. The van der Waals surface area contributed by atoms with Crippen LogP contribution in [0.15, 0.2) is 42.5 Å². The smallest absolute Gasteiger partial charge is 0.201 e. The first-order chi connectivity index (χ1) is 18.3. The van der Waals surface area contributed by atoms with Gasteiger partial charge in [0.2, 0.25) is 5.82 Å². The Hall–Kier alpha value is -3.26.